The van der Waals surface area contributed by atoms with Crippen LogP contribution in [0.4, 0.5) is 4.79 Å². The van der Waals surface area contributed by atoms with Crippen LogP contribution in [0.5, 0.6) is 0 Å². The molecule has 5 nitrogen and oxygen atoms in total. The van der Waals surface area contributed by atoms with Crippen LogP contribution in [0.25, 0.3) is 0 Å². The van der Waals surface area contributed by atoms with Gasteiger partial charge in [-0.25, -0.2) is 4.79 Å². The zero-order chi connectivity index (χ0) is 12.4. The average Bonchev–Trinajstić information content (AvgIpc) is 3.26. The van der Waals surface area contributed by atoms with E-state index in [1.54, 1.807) is 0 Å². The van der Waals surface area contributed by atoms with Gasteiger partial charge >= 0.3 is 6.03 Å². The number of rotatable bonds is 2. The summed E-state index contributed by atoms with van der Waals surface area (Å²) < 4.78 is 10.7. The second-order valence-electron chi connectivity index (χ2n) is 5.36. The molecule has 2 amide bonds. The van der Waals surface area contributed by atoms with Gasteiger partial charge in [0, 0.05) is 38.4 Å². The Bertz CT molecular complexity index is 295. The van der Waals surface area contributed by atoms with Gasteiger partial charge in [0.2, 0.25) is 0 Å². The zero-order valence-corrected chi connectivity index (χ0v) is 10.8. The smallest absolute Gasteiger partial charge is 0.320 e. The molecule has 3 rings (SSSR count). The van der Waals surface area contributed by atoms with E-state index in [0.717, 1.165) is 39.1 Å². The van der Waals surface area contributed by atoms with Gasteiger partial charge in [0.15, 0.2) is 0 Å². The molecule has 3 aliphatic rings. The minimum absolute atomic E-state index is 0.229. The summed E-state index contributed by atoms with van der Waals surface area (Å²) in [5, 5.41) is 0. The molecule has 0 N–H and O–H groups in total. The van der Waals surface area contributed by atoms with Gasteiger partial charge in [-0.05, 0) is 25.7 Å². The molecule has 0 spiro atoms. The Morgan fingerprint density at radius 2 is 1.44 bits per heavy atom. The number of ether oxygens (including phenoxy) is 2. The van der Waals surface area contributed by atoms with Crippen molar-refractivity contribution in [1.29, 1.82) is 0 Å². The van der Waals surface area contributed by atoms with Crippen molar-refractivity contribution in [2.24, 2.45) is 0 Å². The van der Waals surface area contributed by atoms with Gasteiger partial charge < -0.3 is 19.3 Å². The van der Waals surface area contributed by atoms with Crippen molar-refractivity contribution in [2.45, 2.75) is 37.8 Å². The maximum Gasteiger partial charge on any atom is 0.320 e. The fourth-order valence-electron chi connectivity index (χ4n) is 2.84. The van der Waals surface area contributed by atoms with Crippen molar-refractivity contribution in [2.75, 3.05) is 39.5 Å². The predicted molar refractivity (Wildman–Crippen MR) is 66.5 cm³/mol. The first-order chi connectivity index (χ1) is 8.86. The lowest BCUT2D eigenvalue weighted by Crippen LogP contribution is -2.53. The monoisotopic (exact) mass is 254 g/mol. The fourth-order valence-corrected chi connectivity index (χ4v) is 2.84. The summed E-state index contributed by atoms with van der Waals surface area (Å²) in [5.41, 5.74) is 0. The van der Waals surface area contributed by atoms with Crippen molar-refractivity contribution in [3.05, 3.63) is 0 Å². The van der Waals surface area contributed by atoms with E-state index in [1.807, 2.05) is 4.90 Å². The Labute approximate surface area is 108 Å². The van der Waals surface area contributed by atoms with E-state index in [0.29, 0.717) is 25.3 Å². The van der Waals surface area contributed by atoms with Crippen LogP contribution in [-0.4, -0.2) is 67.4 Å². The van der Waals surface area contributed by atoms with E-state index >= 15 is 0 Å². The summed E-state index contributed by atoms with van der Waals surface area (Å²) in [4.78, 5) is 16.7. The molecular formula is C13H22N2O3. The second kappa shape index (κ2) is 5.45. The number of amides is 2. The molecule has 0 aromatic rings. The van der Waals surface area contributed by atoms with Gasteiger partial charge in [0.1, 0.15) is 0 Å². The molecule has 1 saturated carbocycles. The van der Waals surface area contributed by atoms with E-state index in [9.17, 15) is 4.79 Å². The van der Waals surface area contributed by atoms with Crippen LogP contribution in [0.2, 0.25) is 0 Å². The van der Waals surface area contributed by atoms with E-state index in [1.165, 1.54) is 12.8 Å². The maximum absolute atomic E-state index is 12.6. The molecule has 0 atom stereocenters. The Kier molecular flexibility index (Phi) is 3.70. The van der Waals surface area contributed by atoms with E-state index in [4.69, 9.17) is 9.47 Å². The molecule has 3 fully saturated rings. The highest BCUT2D eigenvalue weighted by Gasteiger charge is 2.39. The van der Waals surface area contributed by atoms with Crippen molar-refractivity contribution in [1.82, 2.24) is 9.80 Å². The first kappa shape index (κ1) is 12.2. The standard InChI is InChI=1S/C13H22N2O3/c16-13(14-5-9-18-10-6-14)15(11-1-2-11)12-3-7-17-8-4-12/h11-12H,1-10H2. The molecule has 0 radical (unpaired) electrons. The van der Waals surface area contributed by atoms with Crippen LogP contribution in [0.3, 0.4) is 0 Å². The van der Waals surface area contributed by atoms with E-state index in [-0.39, 0.29) is 6.03 Å². The topological polar surface area (TPSA) is 42.0 Å². The summed E-state index contributed by atoms with van der Waals surface area (Å²) in [6, 6.07) is 1.11. The van der Waals surface area contributed by atoms with Gasteiger partial charge in [-0.2, -0.15) is 0 Å². The third-order valence-corrected chi connectivity index (χ3v) is 4.03. The molecule has 1 aliphatic carbocycles. The third kappa shape index (κ3) is 2.62. The summed E-state index contributed by atoms with van der Waals surface area (Å²) in [5.74, 6) is 0. The second-order valence-corrected chi connectivity index (χ2v) is 5.36. The number of urea groups is 1. The lowest BCUT2D eigenvalue weighted by Gasteiger charge is -2.39. The normalized spacial score (nSPS) is 26.1. The first-order valence-corrected chi connectivity index (χ1v) is 7.09. The van der Waals surface area contributed by atoms with Crippen LogP contribution in [0.15, 0.2) is 0 Å². The molecule has 0 aromatic carbocycles. The van der Waals surface area contributed by atoms with Crippen LogP contribution < -0.4 is 0 Å². The minimum Gasteiger partial charge on any atom is -0.381 e. The molecule has 5 heteroatoms. The molecule has 18 heavy (non-hydrogen) atoms. The lowest BCUT2D eigenvalue weighted by molar-refractivity contribution is 0.0167. The van der Waals surface area contributed by atoms with Crippen molar-refractivity contribution >= 4 is 6.03 Å². The fraction of sp³-hybridized carbons (Fsp3) is 0.923. The van der Waals surface area contributed by atoms with E-state index in [2.05, 4.69) is 4.90 Å². The van der Waals surface area contributed by atoms with Crippen LogP contribution in [-0.2, 0) is 9.47 Å². The molecule has 2 saturated heterocycles. The van der Waals surface area contributed by atoms with Crippen molar-refractivity contribution < 1.29 is 14.3 Å². The Morgan fingerprint density at radius 3 is 2.06 bits per heavy atom. The highest BCUT2D eigenvalue weighted by molar-refractivity contribution is 5.75. The molecule has 2 heterocycles. The van der Waals surface area contributed by atoms with Gasteiger partial charge in [-0.15, -0.1) is 0 Å². The summed E-state index contributed by atoms with van der Waals surface area (Å²) >= 11 is 0. The number of hydrogen-bond donors (Lipinski definition) is 0. The number of carbonyl (C=O) groups excluding carboxylic acids is 1. The van der Waals surface area contributed by atoms with Gasteiger partial charge in [-0.3, -0.25) is 0 Å². The van der Waals surface area contributed by atoms with Crippen LogP contribution in [0.1, 0.15) is 25.7 Å². The Balaban J connectivity index is 1.66. The highest BCUT2D eigenvalue weighted by Crippen LogP contribution is 2.32. The molecule has 0 aromatic heterocycles. The van der Waals surface area contributed by atoms with E-state index < -0.39 is 0 Å². The van der Waals surface area contributed by atoms with Gasteiger partial charge in [0.05, 0.1) is 13.2 Å². The number of morpholine rings is 1. The number of hydrogen-bond acceptors (Lipinski definition) is 3. The van der Waals surface area contributed by atoms with Crippen LogP contribution >= 0.6 is 0 Å². The number of carbonyl (C=O) groups is 1. The third-order valence-electron chi connectivity index (χ3n) is 4.03. The minimum atomic E-state index is 0.229. The highest BCUT2D eigenvalue weighted by atomic mass is 16.5. The van der Waals surface area contributed by atoms with Crippen LogP contribution in [0, 0.1) is 0 Å². The summed E-state index contributed by atoms with van der Waals surface area (Å²) in [6.07, 6.45) is 4.33. The quantitative estimate of drug-likeness (QED) is 0.740. The first-order valence-electron chi connectivity index (χ1n) is 7.09. The largest absolute Gasteiger partial charge is 0.381 e. The maximum atomic E-state index is 12.6. The SMILES string of the molecule is O=C(N1CCOCC1)N(C1CCOCC1)C1CC1. The number of nitrogens with zero attached hydrogens (tertiary/aromatic N) is 2. The van der Waals surface area contributed by atoms with Gasteiger partial charge in [-0.1, -0.05) is 0 Å². The zero-order valence-electron chi connectivity index (χ0n) is 10.8. The Hall–Kier alpha value is -0.810. The average molecular weight is 254 g/mol. The van der Waals surface area contributed by atoms with Gasteiger partial charge in [0.25, 0.3) is 0 Å². The molecule has 0 bridgehead atoms. The van der Waals surface area contributed by atoms with Crippen molar-refractivity contribution in [3.8, 4) is 0 Å². The predicted octanol–water partition coefficient (Wildman–Crippen LogP) is 1.08. The molecular weight excluding hydrogens is 232 g/mol. The Morgan fingerprint density at radius 1 is 0.889 bits per heavy atom. The molecule has 102 valence electrons. The van der Waals surface area contributed by atoms with Crippen molar-refractivity contribution in [3.63, 3.8) is 0 Å². The molecule has 0 unspecified atom stereocenters. The summed E-state index contributed by atoms with van der Waals surface area (Å²) in [6.45, 7) is 4.43. The lowest BCUT2D eigenvalue weighted by atomic mass is 10.1. The summed E-state index contributed by atoms with van der Waals surface area (Å²) in [7, 11) is 0. The molecule has 2 aliphatic heterocycles.